The summed E-state index contributed by atoms with van der Waals surface area (Å²) in [6.45, 7) is 7.36. The molecule has 1 aromatic rings. The maximum atomic E-state index is 5.53. The van der Waals surface area contributed by atoms with E-state index >= 15 is 0 Å². The molecule has 2 bridgehead atoms. The lowest BCUT2D eigenvalue weighted by Crippen LogP contribution is -2.23. The Morgan fingerprint density at radius 2 is 1.95 bits per heavy atom. The average molecular weight is 289 g/mol. The molecule has 2 saturated carbocycles. The normalized spacial score (nSPS) is 27.9. The number of hydrogen-bond donors (Lipinski definition) is 3. The lowest BCUT2D eigenvalue weighted by atomic mass is 9.89. The number of hydrazine groups is 1. The predicted octanol–water partition coefficient (Wildman–Crippen LogP) is 2.91. The fourth-order valence-electron chi connectivity index (χ4n) is 3.81. The van der Waals surface area contributed by atoms with Gasteiger partial charge < -0.3 is 10.7 Å². The van der Waals surface area contributed by atoms with E-state index in [-0.39, 0.29) is 5.41 Å². The Bertz CT molecular complexity index is 508. The molecule has 5 heteroatoms. The van der Waals surface area contributed by atoms with Gasteiger partial charge in [0.25, 0.3) is 0 Å². The third-order valence-electron chi connectivity index (χ3n) is 4.97. The van der Waals surface area contributed by atoms with Crippen molar-refractivity contribution >= 4 is 11.6 Å². The van der Waals surface area contributed by atoms with Crippen molar-refractivity contribution in [2.24, 2.45) is 23.6 Å². The molecule has 116 valence electrons. The summed E-state index contributed by atoms with van der Waals surface area (Å²) in [6.07, 6.45) is 5.70. The van der Waals surface area contributed by atoms with E-state index in [4.69, 9.17) is 5.84 Å². The fourth-order valence-corrected chi connectivity index (χ4v) is 3.81. The van der Waals surface area contributed by atoms with Gasteiger partial charge >= 0.3 is 0 Å². The molecule has 3 rings (SSSR count). The molecule has 0 saturated heterocycles. The molecule has 2 aliphatic rings. The number of anilines is 2. The van der Waals surface area contributed by atoms with Crippen LogP contribution in [0.2, 0.25) is 0 Å². The van der Waals surface area contributed by atoms with Gasteiger partial charge in [-0.05, 0) is 37.0 Å². The maximum absolute atomic E-state index is 5.53. The Morgan fingerprint density at radius 3 is 2.52 bits per heavy atom. The second-order valence-corrected chi connectivity index (χ2v) is 7.67. The van der Waals surface area contributed by atoms with Crippen molar-refractivity contribution in [1.29, 1.82) is 0 Å². The van der Waals surface area contributed by atoms with Gasteiger partial charge in [-0.25, -0.2) is 15.8 Å². The number of fused-ring (bicyclic) bond motifs is 2. The lowest BCUT2D eigenvalue weighted by Gasteiger charge is -2.23. The number of nitrogens with one attached hydrogen (secondary N) is 2. The monoisotopic (exact) mass is 289 g/mol. The quantitative estimate of drug-likeness (QED) is 0.587. The Balaban J connectivity index is 1.69. The molecule has 21 heavy (non-hydrogen) atoms. The third kappa shape index (κ3) is 3.12. The summed E-state index contributed by atoms with van der Waals surface area (Å²) in [5.74, 6) is 10.6. The third-order valence-corrected chi connectivity index (χ3v) is 4.97. The summed E-state index contributed by atoms with van der Waals surface area (Å²) in [4.78, 5) is 9.11. The van der Waals surface area contributed by atoms with Gasteiger partial charge in [0.2, 0.25) is 0 Å². The largest absolute Gasteiger partial charge is 0.370 e. The summed E-state index contributed by atoms with van der Waals surface area (Å²) < 4.78 is 0. The van der Waals surface area contributed by atoms with Crippen LogP contribution >= 0.6 is 0 Å². The number of nitrogens with two attached hydrogens (primary N) is 1. The molecule has 0 spiro atoms. The summed E-state index contributed by atoms with van der Waals surface area (Å²) in [5.41, 5.74) is 2.56. The van der Waals surface area contributed by atoms with Crippen molar-refractivity contribution in [1.82, 2.24) is 9.97 Å². The average Bonchev–Trinajstić information content (AvgIpc) is 3.06. The van der Waals surface area contributed by atoms with Crippen LogP contribution < -0.4 is 16.6 Å². The van der Waals surface area contributed by atoms with E-state index in [1.807, 2.05) is 6.07 Å². The highest BCUT2D eigenvalue weighted by Crippen LogP contribution is 2.48. The van der Waals surface area contributed by atoms with Gasteiger partial charge in [0.1, 0.15) is 17.5 Å². The van der Waals surface area contributed by atoms with Gasteiger partial charge in [0, 0.05) is 18.0 Å². The molecule has 2 fully saturated rings. The van der Waals surface area contributed by atoms with Crippen molar-refractivity contribution in [2.45, 2.75) is 51.9 Å². The maximum Gasteiger partial charge on any atom is 0.145 e. The van der Waals surface area contributed by atoms with Crippen molar-refractivity contribution in [2.75, 3.05) is 17.3 Å². The van der Waals surface area contributed by atoms with E-state index in [9.17, 15) is 0 Å². The first kappa shape index (κ1) is 14.6. The van der Waals surface area contributed by atoms with Crippen LogP contribution in [0.25, 0.3) is 0 Å². The summed E-state index contributed by atoms with van der Waals surface area (Å²) >= 11 is 0. The molecule has 1 heterocycles. The number of hydrogen-bond acceptors (Lipinski definition) is 5. The van der Waals surface area contributed by atoms with Gasteiger partial charge in [-0.1, -0.05) is 27.2 Å². The Morgan fingerprint density at radius 1 is 1.19 bits per heavy atom. The molecular weight excluding hydrogens is 262 g/mol. The highest BCUT2D eigenvalue weighted by molar-refractivity contribution is 5.47. The van der Waals surface area contributed by atoms with E-state index in [2.05, 4.69) is 41.5 Å². The van der Waals surface area contributed by atoms with Crippen molar-refractivity contribution in [3.63, 3.8) is 0 Å². The van der Waals surface area contributed by atoms with Crippen molar-refractivity contribution in [3.05, 3.63) is 11.9 Å². The number of rotatable bonds is 4. The SMILES string of the molecule is CC(C)(C)c1nc(NN)cc(NCC2CC3CCC2C3)n1. The summed E-state index contributed by atoms with van der Waals surface area (Å²) in [6, 6.07) is 1.89. The van der Waals surface area contributed by atoms with Crippen LogP contribution in [-0.2, 0) is 5.41 Å². The number of nitrogen functional groups attached to an aromatic ring is 1. The molecule has 0 amide bonds. The van der Waals surface area contributed by atoms with Gasteiger partial charge in [-0.2, -0.15) is 0 Å². The highest BCUT2D eigenvalue weighted by atomic mass is 15.3. The zero-order valence-electron chi connectivity index (χ0n) is 13.3. The first-order valence-corrected chi connectivity index (χ1v) is 8.06. The van der Waals surface area contributed by atoms with Gasteiger partial charge in [0.15, 0.2) is 0 Å². The van der Waals surface area contributed by atoms with E-state index in [1.165, 1.54) is 25.7 Å². The Kier molecular flexibility index (Phi) is 3.78. The molecule has 0 aliphatic heterocycles. The topological polar surface area (TPSA) is 75.9 Å². The van der Waals surface area contributed by atoms with E-state index in [0.29, 0.717) is 5.82 Å². The minimum Gasteiger partial charge on any atom is -0.370 e. The van der Waals surface area contributed by atoms with E-state index < -0.39 is 0 Å². The highest BCUT2D eigenvalue weighted by Gasteiger charge is 2.39. The second kappa shape index (κ2) is 5.44. The Labute approximate surface area is 127 Å². The molecular formula is C16H27N5. The van der Waals surface area contributed by atoms with Gasteiger partial charge in [-0.15, -0.1) is 0 Å². The van der Waals surface area contributed by atoms with Crippen LogP contribution in [-0.4, -0.2) is 16.5 Å². The van der Waals surface area contributed by atoms with Crippen molar-refractivity contribution in [3.8, 4) is 0 Å². The molecule has 4 N–H and O–H groups in total. The minimum atomic E-state index is -0.0876. The van der Waals surface area contributed by atoms with Gasteiger partial charge in [0.05, 0.1) is 0 Å². The molecule has 0 radical (unpaired) electrons. The lowest BCUT2D eigenvalue weighted by molar-refractivity contribution is 0.348. The molecule has 1 aromatic heterocycles. The Hall–Kier alpha value is -1.36. The van der Waals surface area contributed by atoms with Crippen LogP contribution in [0.1, 0.15) is 52.3 Å². The van der Waals surface area contributed by atoms with Crippen LogP contribution in [0.3, 0.4) is 0 Å². The zero-order valence-corrected chi connectivity index (χ0v) is 13.3. The van der Waals surface area contributed by atoms with Crippen LogP contribution in [0.15, 0.2) is 6.07 Å². The predicted molar refractivity (Wildman–Crippen MR) is 86.0 cm³/mol. The van der Waals surface area contributed by atoms with Crippen LogP contribution in [0.5, 0.6) is 0 Å². The molecule has 5 nitrogen and oxygen atoms in total. The smallest absolute Gasteiger partial charge is 0.145 e. The molecule has 3 atom stereocenters. The molecule has 3 unspecified atom stereocenters. The fraction of sp³-hybridized carbons (Fsp3) is 0.750. The number of aromatic nitrogens is 2. The van der Waals surface area contributed by atoms with Crippen LogP contribution in [0, 0.1) is 17.8 Å². The van der Waals surface area contributed by atoms with E-state index in [0.717, 1.165) is 35.9 Å². The molecule has 0 aromatic carbocycles. The second-order valence-electron chi connectivity index (χ2n) is 7.67. The van der Waals surface area contributed by atoms with Crippen LogP contribution in [0.4, 0.5) is 11.6 Å². The van der Waals surface area contributed by atoms with Crippen molar-refractivity contribution < 1.29 is 0 Å². The first-order chi connectivity index (χ1) is 9.95. The zero-order chi connectivity index (χ0) is 15.0. The standard InChI is InChI=1S/C16H27N5/c1-16(2,3)15-19-13(8-14(20-15)21-17)18-9-12-7-10-4-5-11(12)6-10/h8,10-12H,4-7,9,17H2,1-3H3,(H2,18,19,20,21). The van der Waals surface area contributed by atoms with E-state index in [1.54, 1.807) is 0 Å². The summed E-state index contributed by atoms with van der Waals surface area (Å²) in [5, 5.41) is 3.51. The summed E-state index contributed by atoms with van der Waals surface area (Å²) in [7, 11) is 0. The number of nitrogens with zero attached hydrogens (tertiary/aromatic N) is 2. The molecule has 2 aliphatic carbocycles. The van der Waals surface area contributed by atoms with Gasteiger partial charge in [-0.3, -0.25) is 0 Å². The minimum absolute atomic E-state index is 0.0876. The first-order valence-electron chi connectivity index (χ1n) is 8.06.